The summed E-state index contributed by atoms with van der Waals surface area (Å²) in [4.78, 5) is 0. The van der Waals surface area contributed by atoms with Crippen molar-refractivity contribution in [3.8, 4) is 6.07 Å². The average Bonchev–Trinajstić information content (AvgIpc) is 2.29. The highest BCUT2D eigenvalue weighted by atomic mass is 79.9. The smallest absolute Gasteiger partial charge is 0.0991 e. The third-order valence-corrected chi connectivity index (χ3v) is 2.84. The number of benzene rings is 2. The maximum absolute atomic E-state index is 8.93. The maximum atomic E-state index is 8.93. The largest absolute Gasteiger partial charge is 0.192 e. The van der Waals surface area contributed by atoms with E-state index in [1.165, 1.54) is 10.9 Å². The van der Waals surface area contributed by atoms with Gasteiger partial charge in [-0.05, 0) is 34.9 Å². The van der Waals surface area contributed by atoms with Crippen LogP contribution in [0.5, 0.6) is 0 Å². The average molecular weight is 260 g/mol. The summed E-state index contributed by atoms with van der Waals surface area (Å²) >= 11 is 3.44. The molecule has 0 bridgehead atoms. The highest BCUT2D eigenvalue weighted by Crippen LogP contribution is 2.21. The van der Waals surface area contributed by atoms with Crippen molar-refractivity contribution in [2.75, 3.05) is 5.33 Å². The van der Waals surface area contributed by atoms with Gasteiger partial charge in [0.1, 0.15) is 0 Å². The number of hydrogen-bond donors (Lipinski definition) is 0. The molecule has 0 aliphatic rings. The van der Waals surface area contributed by atoms with E-state index in [4.69, 9.17) is 5.26 Å². The Labute approximate surface area is 97.5 Å². The number of halogens is 1. The van der Waals surface area contributed by atoms with Crippen molar-refractivity contribution in [3.63, 3.8) is 0 Å². The lowest BCUT2D eigenvalue weighted by molar-refractivity contribution is 1.19. The van der Waals surface area contributed by atoms with E-state index in [1.807, 2.05) is 30.3 Å². The molecule has 0 aromatic heterocycles. The number of nitrogens with zero attached hydrogens (tertiary/aromatic N) is 1. The van der Waals surface area contributed by atoms with E-state index in [9.17, 15) is 0 Å². The Hall–Kier alpha value is -1.33. The predicted octanol–water partition coefficient (Wildman–Crippen LogP) is 3.65. The Morgan fingerprint density at radius 3 is 2.73 bits per heavy atom. The van der Waals surface area contributed by atoms with Crippen LogP contribution in [0.4, 0.5) is 0 Å². The molecule has 0 aliphatic heterocycles. The molecule has 15 heavy (non-hydrogen) atoms. The number of nitriles is 1. The molecular formula is C13H10BrN. The monoisotopic (exact) mass is 259 g/mol. The molecule has 0 spiro atoms. The molecule has 0 fully saturated rings. The normalized spacial score (nSPS) is 10.1. The van der Waals surface area contributed by atoms with E-state index in [1.54, 1.807) is 0 Å². The predicted molar refractivity (Wildman–Crippen MR) is 66.2 cm³/mol. The molecule has 2 heteroatoms. The number of aryl methyl sites for hydroxylation is 1. The molecule has 0 unspecified atom stereocenters. The van der Waals surface area contributed by atoms with Gasteiger partial charge in [-0.15, -0.1) is 0 Å². The van der Waals surface area contributed by atoms with Gasteiger partial charge in [0.15, 0.2) is 0 Å². The van der Waals surface area contributed by atoms with E-state index < -0.39 is 0 Å². The molecule has 74 valence electrons. The molecule has 0 atom stereocenters. The molecule has 0 radical (unpaired) electrons. The first-order valence-electron chi connectivity index (χ1n) is 4.83. The molecule has 2 aromatic carbocycles. The minimum absolute atomic E-state index is 0.740. The Bertz CT molecular complexity index is 526. The molecule has 2 aromatic rings. The highest BCUT2D eigenvalue weighted by molar-refractivity contribution is 9.09. The molecule has 0 heterocycles. The quantitative estimate of drug-likeness (QED) is 0.756. The van der Waals surface area contributed by atoms with E-state index >= 15 is 0 Å². The van der Waals surface area contributed by atoms with Crippen LogP contribution in [0.25, 0.3) is 10.8 Å². The lowest BCUT2D eigenvalue weighted by atomic mass is 10.00. The number of hydrogen-bond acceptors (Lipinski definition) is 1. The third-order valence-electron chi connectivity index (χ3n) is 2.44. The molecule has 1 nitrogen and oxygen atoms in total. The summed E-state index contributed by atoms with van der Waals surface area (Å²) in [5.41, 5.74) is 1.98. The van der Waals surface area contributed by atoms with Crippen LogP contribution in [-0.4, -0.2) is 5.33 Å². The fourth-order valence-corrected chi connectivity index (χ4v) is 2.19. The Morgan fingerprint density at radius 2 is 2.00 bits per heavy atom. The lowest BCUT2D eigenvalue weighted by Gasteiger charge is -2.05. The maximum Gasteiger partial charge on any atom is 0.0991 e. The first-order chi connectivity index (χ1) is 7.35. The van der Waals surface area contributed by atoms with Crippen LogP contribution in [0.3, 0.4) is 0 Å². The lowest BCUT2D eigenvalue weighted by Crippen LogP contribution is -1.90. The molecule has 0 N–H and O–H groups in total. The second-order valence-electron chi connectivity index (χ2n) is 3.41. The summed E-state index contributed by atoms with van der Waals surface area (Å²) in [6, 6.07) is 14.3. The van der Waals surface area contributed by atoms with E-state index in [-0.39, 0.29) is 0 Å². The summed E-state index contributed by atoms with van der Waals surface area (Å²) < 4.78 is 0. The highest BCUT2D eigenvalue weighted by Gasteiger charge is 2.02. The van der Waals surface area contributed by atoms with Crippen molar-refractivity contribution in [2.45, 2.75) is 6.42 Å². The zero-order valence-corrected chi connectivity index (χ0v) is 9.79. The van der Waals surface area contributed by atoms with Crippen LogP contribution < -0.4 is 0 Å². The number of fused-ring (bicyclic) bond motifs is 1. The van der Waals surface area contributed by atoms with Gasteiger partial charge in [-0.1, -0.05) is 40.2 Å². The van der Waals surface area contributed by atoms with Crippen LogP contribution in [0.15, 0.2) is 36.4 Å². The summed E-state index contributed by atoms with van der Waals surface area (Å²) in [5.74, 6) is 0. The van der Waals surface area contributed by atoms with Gasteiger partial charge in [-0.3, -0.25) is 0 Å². The Kier molecular flexibility index (Phi) is 3.03. The van der Waals surface area contributed by atoms with Gasteiger partial charge in [-0.2, -0.15) is 5.26 Å². The van der Waals surface area contributed by atoms with Gasteiger partial charge >= 0.3 is 0 Å². The van der Waals surface area contributed by atoms with Gasteiger partial charge < -0.3 is 0 Å². The first kappa shape index (κ1) is 10.2. The zero-order chi connectivity index (χ0) is 10.7. The SMILES string of the molecule is N#Cc1cc(CCBr)c2ccccc2c1. The van der Waals surface area contributed by atoms with E-state index in [0.717, 1.165) is 22.7 Å². The van der Waals surface area contributed by atoms with E-state index in [2.05, 4.69) is 28.1 Å². The van der Waals surface area contributed by atoms with Crippen LogP contribution >= 0.6 is 15.9 Å². The van der Waals surface area contributed by atoms with Crippen molar-refractivity contribution in [1.29, 1.82) is 5.26 Å². The summed E-state index contributed by atoms with van der Waals surface area (Å²) in [7, 11) is 0. The van der Waals surface area contributed by atoms with Crippen LogP contribution in [0.2, 0.25) is 0 Å². The van der Waals surface area contributed by atoms with E-state index in [0.29, 0.717) is 0 Å². The Balaban J connectivity index is 2.70. The summed E-state index contributed by atoms with van der Waals surface area (Å²) in [5, 5.41) is 12.2. The molecule has 2 rings (SSSR count). The fraction of sp³-hybridized carbons (Fsp3) is 0.154. The van der Waals surface area contributed by atoms with Crippen LogP contribution in [0.1, 0.15) is 11.1 Å². The molecule has 0 saturated heterocycles. The van der Waals surface area contributed by atoms with Crippen molar-refractivity contribution < 1.29 is 0 Å². The third kappa shape index (κ3) is 2.03. The molecule has 0 saturated carbocycles. The summed E-state index contributed by atoms with van der Waals surface area (Å²) in [6.45, 7) is 0. The number of rotatable bonds is 2. The zero-order valence-electron chi connectivity index (χ0n) is 8.20. The van der Waals surface area contributed by atoms with Gasteiger partial charge in [-0.25, -0.2) is 0 Å². The molecule has 0 amide bonds. The second kappa shape index (κ2) is 4.46. The second-order valence-corrected chi connectivity index (χ2v) is 4.20. The van der Waals surface area contributed by atoms with Crippen molar-refractivity contribution in [3.05, 3.63) is 47.5 Å². The van der Waals surface area contributed by atoms with Crippen LogP contribution in [-0.2, 0) is 6.42 Å². The van der Waals surface area contributed by atoms with Gasteiger partial charge in [0.2, 0.25) is 0 Å². The van der Waals surface area contributed by atoms with Crippen molar-refractivity contribution in [1.82, 2.24) is 0 Å². The number of alkyl halides is 1. The fourth-order valence-electron chi connectivity index (χ4n) is 1.76. The van der Waals surface area contributed by atoms with Gasteiger partial charge in [0, 0.05) is 5.33 Å². The van der Waals surface area contributed by atoms with Crippen molar-refractivity contribution >= 4 is 26.7 Å². The first-order valence-corrected chi connectivity index (χ1v) is 5.95. The molecule has 0 aliphatic carbocycles. The van der Waals surface area contributed by atoms with Gasteiger partial charge in [0.05, 0.1) is 11.6 Å². The van der Waals surface area contributed by atoms with Crippen molar-refractivity contribution in [2.24, 2.45) is 0 Å². The minimum atomic E-state index is 0.740. The topological polar surface area (TPSA) is 23.8 Å². The Morgan fingerprint density at radius 1 is 1.20 bits per heavy atom. The summed E-state index contributed by atoms with van der Waals surface area (Å²) in [6.07, 6.45) is 0.954. The molecular weight excluding hydrogens is 250 g/mol. The van der Waals surface area contributed by atoms with Crippen LogP contribution in [0, 0.1) is 11.3 Å². The standard InChI is InChI=1S/C13H10BrN/c14-6-5-12-8-10(9-15)7-11-3-1-2-4-13(11)12/h1-4,7-8H,5-6H2. The minimum Gasteiger partial charge on any atom is -0.192 e. The van der Waals surface area contributed by atoms with Gasteiger partial charge in [0.25, 0.3) is 0 Å².